The Morgan fingerprint density at radius 2 is 2.05 bits per heavy atom. The maximum atomic E-state index is 13.8. The molecule has 0 unspecified atom stereocenters. The summed E-state index contributed by atoms with van der Waals surface area (Å²) in [6.45, 7) is 2.66. The molecule has 1 N–H and O–H groups in total. The molecule has 1 amide bonds. The number of nitrogens with one attached hydrogen (secondary N) is 1. The van der Waals surface area contributed by atoms with Crippen molar-refractivity contribution in [1.29, 1.82) is 0 Å². The van der Waals surface area contributed by atoms with Gasteiger partial charge in [-0.15, -0.1) is 0 Å². The van der Waals surface area contributed by atoms with Gasteiger partial charge < -0.3 is 10.2 Å². The highest BCUT2D eigenvalue weighted by atomic mass is 19.1. The van der Waals surface area contributed by atoms with Crippen molar-refractivity contribution in [2.45, 2.75) is 45.1 Å². The summed E-state index contributed by atoms with van der Waals surface area (Å²) >= 11 is 0. The fourth-order valence-electron chi connectivity index (χ4n) is 3.07. The Hall–Kier alpha value is -1.58. The van der Waals surface area contributed by atoms with E-state index < -0.39 is 0 Å². The van der Waals surface area contributed by atoms with Crippen LogP contribution in [-0.4, -0.2) is 30.4 Å². The van der Waals surface area contributed by atoms with E-state index in [0.717, 1.165) is 12.8 Å². The molecule has 0 spiro atoms. The van der Waals surface area contributed by atoms with Gasteiger partial charge in [-0.25, -0.2) is 4.39 Å². The lowest BCUT2D eigenvalue weighted by molar-refractivity contribution is 0.0648. The zero-order valence-corrected chi connectivity index (χ0v) is 12.3. The maximum absolute atomic E-state index is 13.8. The van der Waals surface area contributed by atoms with E-state index in [1.165, 1.54) is 25.3 Å². The molecule has 1 aromatic carbocycles. The van der Waals surface area contributed by atoms with Gasteiger partial charge in [0.1, 0.15) is 5.82 Å². The summed E-state index contributed by atoms with van der Waals surface area (Å²) in [5.74, 6) is -0.443. The van der Waals surface area contributed by atoms with Gasteiger partial charge in [0.15, 0.2) is 0 Å². The monoisotopic (exact) mass is 278 g/mol. The fraction of sp³-hybridized carbons (Fsp3) is 0.562. The van der Waals surface area contributed by atoms with Crippen molar-refractivity contribution in [2.24, 2.45) is 0 Å². The number of halogens is 1. The van der Waals surface area contributed by atoms with Crippen molar-refractivity contribution in [3.63, 3.8) is 0 Å². The van der Waals surface area contributed by atoms with Crippen LogP contribution in [0, 0.1) is 5.82 Å². The van der Waals surface area contributed by atoms with Crippen LogP contribution in [0.25, 0.3) is 0 Å². The van der Waals surface area contributed by atoms with Crippen LogP contribution in [0.4, 0.5) is 10.1 Å². The first-order chi connectivity index (χ1) is 9.69. The van der Waals surface area contributed by atoms with Gasteiger partial charge in [0.05, 0.1) is 11.3 Å². The normalized spacial score (nSPS) is 15.9. The third-order valence-corrected chi connectivity index (χ3v) is 4.11. The van der Waals surface area contributed by atoms with Crippen LogP contribution in [0.15, 0.2) is 18.2 Å². The fourth-order valence-corrected chi connectivity index (χ4v) is 3.07. The maximum Gasteiger partial charge on any atom is 0.256 e. The molecule has 0 aliphatic heterocycles. The third kappa shape index (κ3) is 2.94. The summed E-state index contributed by atoms with van der Waals surface area (Å²) < 4.78 is 13.8. The molecule has 3 nitrogen and oxygen atoms in total. The van der Waals surface area contributed by atoms with E-state index in [0.29, 0.717) is 23.8 Å². The molecule has 0 atom stereocenters. The molecule has 20 heavy (non-hydrogen) atoms. The number of nitrogens with zero attached hydrogens (tertiary/aromatic N) is 1. The SMILES string of the molecule is CCN(C(=O)c1cccc(F)c1NC)C1CCCCC1. The number of benzene rings is 1. The van der Waals surface area contributed by atoms with Gasteiger partial charge in [0, 0.05) is 19.6 Å². The van der Waals surface area contributed by atoms with Crippen LogP contribution in [0.2, 0.25) is 0 Å². The van der Waals surface area contributed by atoms with Crippen molar-refractivity contribution < 1.29 is 9.18 Å². The van der Waals surface area contributed by atoms with E-state index in [4.69, 9.17) is 0 Å². The van der Waals surface area contributed by atoms with Gasteiger partial charge in [-0.3, -0.25) is 4.79 Å². The second-order valence-corrected chi connectivity index (χ2v) is 5.30. The van der Waals surface area contributed by atoms with E-state index in [1.807, 2.05) is 11.8 Å². The van der Waals surface area contributed by atoms with Crippen molar-refractivity contribution >= 4 is 11.6 Å². The van der Waals surface area contributed by atoms with Crippen LogP contribution in [0.1, 0.15) is 49.4 Å². The number of hydrogen-bond donors (Lipinski definition) is 1. The van der Waals surface area contributed by atoms with Gasteiger partial charge in [-0.05, 0) is 31.9 Å². The summed E-state index contributed by atoms with van der Waals surface area (Å²) in [6, 6.07) is 4.97. The lowest BCUT2D eigenvalue weighted by Crippen LogP contribution is -2.41. The third-order valence-electron chi connectivity index (χ3n) is 4.11. The Balaban J connectivity index is 2.26. The van der Waals surface area contributed by atoms with Gasteiger partial charge in [0.2, 0.25) is 0 Å². The van der Waals surface area contributed by atoms with Crippen LogP contribution in [-0.2, 0) is 0 Å². The molecule has 1 aromatic rings. The largest absolute Gasteiger partial charge is 0.385 e. The van der Waals surface area contributed by atoms with Gasteiger partial charge in [-0.1, -0.05) is 25.3 Å². The predicted octanol–water partition coefficient (Wildman–Crippen LogP) is 3.66. The average Bonchev–Trinajstić information content (AvgIpc) is 2.48. The summed E-state index contributed by atoms with van der Waals surface area (Å²) in [7, 11) is 1.64. The Bertz CT molecular complexity index is 470. The number of anilines is 1. The van der Waals surface area contributed by atoms with E-state index in [-0.39, 0.29) is 11.7 Å². The van der Waals surface area contributed by atoms with Crippen molar-refractivity contribution in [3.05, 3.63) is 29.6 Å². The Morgan fingerprint density at radius 1 is 1.35 bits per heavy atom. The minimum atomic E-state index is -0.377. The molecule has 1 saturated carbocycles. The molecule has 1 fully saturated rings. The molecule has 0 heterocycles. The molecule has 2 rings (SSSR count). The molecule has 0 aromatic heterocycles. The van der Waals surface area contributed by atoms with E-state index in [1.54, 1.807) is 19.2 Å². The van der Waals surface area contributed by atoms with Crippen molar-refractivity contribution in [3.8, 4) is 0 Å². The first-order valence-electron chi connectivity index (χ1n) is 7.46. The van der Waals surface area contributed by atoms with E-state index in [2.05, 4.69) is 5.32 Å². The Labute approximate surface area is 120 Å². The molecular weight excluding hydrogens is 255 g/mol. The summed E-state index contributed by atoms with van der Waals surface area (Å²) in [5, 5.41) is 2.80. The Kier molecular flexibility index (Phi) is 4.99. The van der Waals surface area contributed by atoms with Crippen LogP contribution < -0.4 is 5.32 Å². The zero-order chi connectivity index (χ0) is 14.5. The topological polar surface area (TPSA) is 32.3 Å². The van der Waals surface area contributed by atoms with E-state index >= 15 is 0 Å². The van der Waals surface area contributed by atoms with Crippen LogP contribution in [0.5, 0.6) is 0 Å². The quantitative estimate of drug-likeness (QED) is 0.911. The molecular formula is C16H23FN2O. The van der Waals surface area contributed by atoms with Crippen molar-refractivity contribution in [2.75, 3.05) is 18.9 Å². The molecule has 0 radical (unpaired) electrons. The minimum absolute atomic E-state index is 0.0664. The molecule has 0 saturated heterocycles. The number of carbonyl (C=O) groups excluding carboxylic acids is 1. The molecule has 4 heteroatoms. The smallest absolute Gasteiger partial charge is 0.256 e. The number of amides is 1. The first-order valence-corrected chi connectivity index (χ1v) is 7.46. The predicted molar refractivity (Wildman–Crippen MR) is 79.5 cm³/mol. The summed E-state index contributed by atoms with van der Waals surface area (Å²) in [4.78, 5) is 14.6. The zero-order valence-electron chi connectivity index (χ0n) is 12.3. The molecule has 0 bridgehead atoms. The van der Waals surface area contributed by atoms with Gasteiger partial charge >= 0.3 is 0 Å². The van der Waals surface area contributed by atoms with E-state index in [9.17, 15) is 9.18 Å². The minimum Gasteiger partial charge on any atom is -0.385 e. The highest BCUT2D eigenvalue weighted by Crippen LogP contribution is 2.26. The number of para-hydroxylation sites is 1. The molecule has 1 aliphatic rings. The summed E-state index contributed by atoms with van der Waals surface area (Å²) in [6.07, 6.45) is 5.73. The number of hydrogen-bond acceptors (Lipinski definition) is 2. The second-order valence-electron chi connectivity index (χ2n) is 5.30. The highest BCUT2D eigenvalue weighted by molar-refractivity contribution is 5.99. The van der Waals surface area contributed by atoms with Crippen LogP contribution >= 0.6 is 0 Å². The summed E-state index contributed by atoms with van der Waals surface area (Å²) in [5.41, 5.74) is 0.728. The number of rotatable bonds is 4. The lowest BCUT2D eigenvalue weighted by Gasteiger charge is -2.34. The lowest BCUT2D eigenvalue weighted by atomic mass is 9.93. The van der Waals surface area contributed by atoms with Gasteiger partial charge in [0.25, 0.3) is 5.91 Å². The molecule has 110 valence electrons. The standard InChI is InChI=1S/C16H23FN2O/c1-3-19(12-8-5-4-6-9-12)16(20)13-10-7-11-14(17)15(13)18-2/h7,10-12,18H,3-6,8-9H2,1-2H3. The second kappa shape index (κ2) is 6.73. The van der Waals surface area contributed by atoms with Gasteiger partial charge in [-0.2, -0.15) is 0 Å². The van der Waals surface area contributed by atoms with Crippen LogP contribution in [0.3, 0.4) is 0 Å². The first kappa shape index (κ1) is 14.8. The number of carbonyl (C=O) groups is 1. The average molecular weight is 278 g/mol. The molecule has 1 aliphatic carbocycles. The highest BCUT2D eigenvalue weighted by Gasteiger charge is 2.26. The van der Waals surface area contributed by atoms with Crippen molar-refractivity contribution in [1.82, 2.24) is 4.90 Å². The Morgan fingerprint density at radius 3 is 2.65 bits per heavy atom.